The first-order valence-electron chi connectivity index (χ1n) is 4.11. The van der Waals surface area contributed by atoms with Crippen LogP contribution in [-0.2, 0) is 6.42 Å². The van der Waals surface area contributed by atoms with Crippen LogP contribution >= 0.6 is 11.6 Å². The molecule has 0 atom stereocenters. The van der Waals surface area contributed by atoms with E-state index in [9.17, 15) is 4.79 Å². The summed E-state index contributed by atoms with van der Waals surface area (Å²) in [7, 11) is 0. The van der Waals surface area contributed by atoms with Crippen LogP contribution in [0.5, 0.6) is 0 Å². The second kappa shape index (κ2) is 4.33. The Bertz CT molecular complexity index is 325. The van der Waals surface area contributed by atoms with Crippen molar-refractivity contribution in [2.45, 2.75) is 20.3 Å². The van der Waals surface area contributed by atoms with E-state index >= 15 is 0 Å². The first-order chi connectivity index (χ1) is 6.19. The lowest BCUT2D eigenvalue weighted by molar-refractivity contribution is 0.101. The zero-order valence-electron chi connectivity index (χ0n) is 7.67. The molecule has 3 nitrogen and oxygen atoms in total. The highest BCUT2D eigenvalue weighted by Gasteiger charge is 2.11. The molecule has 0 radical (unpaired) electrons. The Balaban J connectivity index is 3.15. The Labute approximate surface area is 82.1 Å². The topological polar surface area (TPSA) is 42.9 Å². The molecule has 4 heteroatoms. The van der Waals surface area contributed by atoms with Crippen LogP contribution in [0, 0.1) is 6.92 Å². The monoisotopic (exact) mass is 198 g/mol. The Hall–Kier alpha value is -0.960. The highest BCUT2D eigenvalue weighted by Crippen LogP contribution is 2.08. The first kappa shape index (κ1) is 10.1. The quantitative estimate of drug-likeness (QED) is 0.549. The van der Waals surface area contributed by atoms with Crippen molar-refractivity contribution in [2.75, 3.05) is 5.88 Å². The van der Waals surface area contributed by atoms with Crippen molar-refractivity contribution in [2.24, 2.45) is 0 Å². The van der Waals surface area contributed by atoms with Gasteiger partial charge in [-0.2, -0.15) is 10.2 Å². The van der Waals surface area contributed by atoms with Gasteiger partial charge in [0.1, 0.15) is 0 Å². The third kappa shape index (κ3) is 2.25. The van der Waals surface area contributed by atoms with Crippen molar-refractivity contribution in [3.8, 4) is 0 Å². The summed E-state index contributed by atoms with van der Waals surface area (Å²) in [5.41, 5.74) is 2.06. The second-order valence-electron chi connectivity index (χ2n) is 2.76. The van der Waals surface area contributed by atoms with Crippen LogP contribution in [0.1, 0.15) is 28.7 Å². The maximum absolute atomic E-state index is 11.3. The summed E-state index contributed by atoms with van der Waals surface area (Å²) in [5, 5.41) is 7.82. The molecule has 0 spiro atoms. The van der Waals surface area contributed by atoms with Gasteiger partial charge in [-0.25, -0.2) is 0 Å². The molecule has 0 aliphatic carbocycles. The van der Waals surface area contributed by atoms with E-state index in [1.54, 1.807) is 13.0 Å². The van der Waals surface area contributed by atoms with Gasteiger partial charge in [-0.05, 0) is 19.4 Å². The van der Waals surface area contributed by atoms with Crippen molar-refractivity contribution >= 4 is 17.4 Å². The van der Waals surface area contributed by atoms with Crippen molar-refractivity contribution in [3.63, 3.8) is 0 Å². The number of hydrogen-bond donors (Lipinski definition) is 0. The number of hydrogen-bond acceptors (Lipinski definition) is 3. The van der Waals surface area contributed by atoms with Crippen LogP contribution in [-0.4, -0.2) is 21.9 Å². The number of alkyl halides is 1. The largest absolute Gasteiger partial charge is 0.293 e. The van der Waals surface area contributed by atoms with E-state index in [0.29, 0.717) is 12.0 Å². The molecule has 0 N–H and O–H groups in total. The minimum atomic E-state index is -0.0866. The summed E-state index contributed by atoms with van der Waals surface area (Å²) >= 11 is 5.47. The van der Waals surface area contributed by atoms with E-state index in [0.717, 1.165) is 11.4 Å². The molecule has 1 heterocycles. The van der Waals surface area contributed by atoms with Gasteiger partial charge in [0.25, 0.3) is 0 Å². The van der Waals surface area contributed by atoms with Crippen molar-refractivity contribution in [3.05, 3.63) is 23.0 Å². The summed E-state index contributed by atoms with van der Waals surface area (Å²) in [6, 6.07) is 1.73. The van der Waals surface area contributed by atoms with Crippen LogP contribution in [0.25, 0.3) is 0 Å². The fraction of sp³-hybridized carbons (Fsp3) is 0.444. The number of carbonyl (C=O) groups excluding carboxylic acids is 1. The van der Waals surface area contributed by atoms with Crippen LogP contribution in [0.15, 0.2) is 6.07 Å². The third-order valence-electron chi connectivity index (χ3n) is 1.75. The summed E-state index contributed by atoms with van der Waals surface area (Å²) in [5.74, 6) is -0.0884. The molecule has 70 valence electrons. The molecule has 0 aliphatic rings. The third-order valence-corrected chi connectivity index (χ3v) is 1.99. The molecule has 0 saturated heterocycles. The van der Waals surface area contributed by atoms with Gasteiger partial charge in [-0.15, -0.1) is 11.6 Å². The Morgan fingerprint density at radius 2 is 2.23 bits per heavy atom. The molecule has 0 aliphatic heterocycles. The lowest BCUT2D eigenvalue weighted by atomic mass is 10.1. The Morgan fingerprint density at radius 3 is 2.77 bits per heavy atom. The van der Waals surface area contributed by atoms with Gasteiger partial charge in [-0.3, -0.25) is 4.79 Å². The molecule has 0 bridgehead atoms. The molecule has 1 aromatic heterocycles. The minimum absolute atomic E-state index is 0.00185. The Morgan fingerprint density at radius 1 is 1.54 bits per heavy atom. The molecule has 1 rings (SSSR count). The molecule has 0 amide bonds. The van der Waals surface area contributed by atoms with Gasteiger partial charge >= 0.3 is 0 Å². The van der Waals surface area contributed by atoms with Gasteiger partial charge in [-0.1, -0.05) is 6.92 Å². The van der Waals surface area contributed by atoms with Crippen molar-refractivity contribution in [1.82, 2.24) is 10.2 Å². The molecule has 0 fully saturated rings. The van der Waals surface area contributed by atoms with E-state index in [-0.39, 0.29) is 11.7 Å². The molecule has 13 heavy (non-hydrogen) atoms. The molecular weight excluding hydrogens is 188 g/mol. The van der Waals surface area contributed by atoms with E-state index in [2.05, 4.69) is 10.2 Å². The van der Waals surface area contributed by atoms with Gasteiger partial charge in [0.2, 0.25) is 0 Å². The smallest absolute Gasteiger partial charge is 0.179 e. The number of aryl methyl sites for hydroxylation is 2. The predicted molar refractivity (Wildman–Crippen MR) is 51.2 cm³/mol. The fourth-order valence-electron chi connectivity index (χ4n) is 1.09. The van der Waals surface area contributed by atoms with Gasteiger partial charge in [0, 0.05) is 5.56 Å². The number of Topliss-reactive ketones (excluding diaryl/α,β-unsaturated/α-hetero) is 1. The number of halogens is 1. The van der Waals surface area contributed by atoms with Crippen molar-refractivity contribution in [1.29, 1.82) is 0 Å². The van der Waals surface area contributed by atoms with E-state index < -0.39 is 0 Å². The molecule has 0 unspecified atom stereocenters. The number of rotatable bonds is 3. The standard InChI is InChI=1S/C9H11ClN2O/c1-3-8-7(9(13)5-10)4-6(2)11-12-8/h4H,3,5H2,1-2H3. The summed E-state index contributed by atoms with van der Waals surface area (Å²) in [6.45, 7) is 3.74. The van der Waals surface area contributed by atoms with Gasteiger partial charge in [0.05, 0.1) is 17.3 Å². The molecule has 0 saturated carbocycles. The fourth-order valence-corrected chi connectivity index (χ4v) is 1.23. The van der Waals surface area contributed by atoms with Crippen molar-refractivity contribution < 1.29 is 4.79 Å². The van der Waals surface area contributed by atoms with E-state index in [1.807, 2.05) is 6.92 Å². The maximum atomic E-state index is 11.3. The minimum Gasteiger partial charge on any atom is -0.293 e. The zero-order chi connectivity index (χ0) is 9.84. The zero-order valence-corrected chi connectivity index (χ0v) is 8.43. The van der Waals surface area contributed by atoms with Crippen LogP contribution in [0.3, 0.4) is 0 Å². The number of aromatic nitrogens is 2. The number of ketones is 1. The maximum Gasteiger partial charge on any atom is 0.179 e. The molecular formula is C9H11ClN2O. The number of carbonyl (C=O) groups is 1. The summed E-state index contributed by atoms with van der Waals surface area (Å²) in [4.78, 5) is 11.3. The first-order valence-corrected chi connectivity index (χ1v) is 4.64. The summed E-state index contributed by atoms with van der Waals surface area (Å²) in [6.07, 6.45) is 0.700. The van der Waals surface area contributed by atoms with Gasteiger partial charge in [0.15, 0.2) is 5.78 Å². The van der Waals surface area contributed by atoms with E-state index in [1.165, 1.54) is 0 Å². The normalized spacial score (nSPS) is 10.1. The summed E-state index contributed by atoms with van der Waals surface area (Å²) < 4.78 is 0. The lowest BCUT2D eigenvalue weighted by Crippen LogP contribution is -2.08. The van der Waals surface area contributed by atoms with Crippen LogP contribution in [0.4, 0.5) is 0 Å². The van der Waals surface area contributed by atoms with Crippen LogP contribution < -0.4 is 0 Å². The molecule has 1 aromatic rings. The molecule has 0 aromatic carbocycles. The van der Waals surface area contributed by atoms with E-state index in [4.69, 9.17) is 11.6 Å². The van der Waals surface area contributed by atoms with Gasteiger partial charge < -0.3 is 0 Å². The second-order valence-corrected chi connectivity index (χ2v) is 3.02. The van der Waals surface area contributed by atoms with Crippen LogP contribution in [0.2, 0.25) is 0 Å². The average molecular weight is 199 g/mol. The Kier molecular flexibility index (Phi) is 3.37. The predicted octanol–water partition coefficient (Wildman–Crippen LogP) is 1.77. The highest BCUT2D eigenvalue weighted by molar-refractivity contribution is 6.30. The average Bonchev–Trinajstić information content (AvgIpc) is 2.16. The lowest BCUT2D eigenvalue weighted by Gasteiger charge is -2.03. The SMILES string of the molecule is CCc1nnc(C)cc1C(=O)CCl. The number of nitrogens with zero attached hydrogens (tertiary/aromatic N) is 2. The highest BCUT2D eigenvalue weighted by atomic mass is 35.5.